The molecule has 0 saturated carbocycles. The first kappa shape index (κ1) is 38.7. The number of guanidine groups is 1. The number of hydrogen-bond donors (Lipinski definition) is 3. The zero-order chi connectivity index (χ0) is 34.5. The number of nitrogens with two attached hydrogens (primary N) is 2. The number of sulfonamides is 1. The van der Waals surface area contributed by atoms with Crippen molar-refractivity contribution in [3.8, 4) is 0 Å². The fourth-order valence-corrected chi connectivity index (χ4v) is 5.61. The van der Waals surface area contributed by atoms with Crippen LogP contribution in [0.3, 0.4) is 0 Å². The zero-order valence-corrected chi connectivity index (χ0v) is 28.9. The number of aliphatic imine (C=N–C) groups is 1. The number of hydrogen-bond acceptors (Lipinski definition) is 10. The van der Waals surface area contributed by atoms with Gasteiger partial charge >= 0.3 is 11.9 Å². The number of ether oxygens (including phenoxy) is 4. The number of anilines is 1. The normalized spacial score (nSPS) is 14.3. The molecule has 0 saturated heterocycles. The van der Waals surface area contributed by atoms with E-state index in [0.717, 1.165) is 11.1 Å². The highest BCUT2D eigenvalue weighted by Gasteiger charge is 2.41. The Balaban J connectivity index is 2.01. The molecule has 0 aromatic heterocycles. The SMILES string of the molecule is CCC(C)(OCCNS(=O)(=O)c1cccc2c(N(C)C)cccc12)C(=O)OCC(C)(COC(C)C)C(=O)OCCCCN=C(N)N. The van der Waals surface area contributed by atoms with Crippen LogP contribution in [-0.4, -0.2) is 91.6 Å². The topological polar surface area (TPSA) is 185 Å². The van der Waals surface area contributed by atoms with E-state index in [0.29, 0.717) is 24.8 Å². The van der Waals surface area contributed by atoms with E-state index in [2.05, 4.69) is 9.71 Å². The summed E-state index contributed by atoms with van der Waals surface area (Å²) in [5, 5.41) is 1.41. The Morgan fingerprint density at radius 2 is 1.63 bits per heavy atom. The predicted molar refractivity (Wildman–Crippen MR) is 179 cm³/mol. The van der Waals surface area contributed by atoms with Gasteiger partial charge in [0.1, 0.15) is 12.0 Å². The Hall–Kier alpha value is -3.46. The van der Waals surface area contributed by atoms with Crippen LogP contribution in [0, 0.1) is 5.41 Å². The molecule has 0 heterocycles. The molecule has 2 unspecified atom stereocenters. The second-order valence-corrected chi connectivity index (χ2v) is 13.7. The van der Waals surface area contributed by atoms with Gasteiger partial charge in [-0.2, -0.15) is 0 Å². The van der Waals surface area contributed by atoms with Gasteiger partial charge in [-0.05, 0) is 59.1 Å². The number of rotatable bonds is 20. The van der Waals surface area contributed by atoms with Crippen LogP contribution < -0.4 is 21.1 Å². The minimum absolute atomic E-state index is 0.00121. The lowest BCUT2D eigenvalue weighted by atomic mass is 9.92. The molecule has 0 spiro atoms. The lowest BCUT2D eigenvalue weighted by molar-refractivity contribution is -0.181. The van der Waals surface area contributed by atoms with Crippen molar-refractivity contribution in [2.45, 2.75) is 70.5 Å². The van der Waals surface area contributed by atoms with Crippen molar-refractivity contribution in [2.24, 2.45) is 21.9 Å². The van der Waals surface area contributed by atoms with Crippen LogP contribution in [0.15, 0.2) is 46.3 Å². The van der Waals surface area contributed by atoms with Gasteiger partial charge in [0.15, 0.2) is 11.6 Å². The van der Waals surface area contributed by atoms with E-state index in [9.17, 15) is 18.0 Å². The van der Waals surface area contributed by atoms with Gasteiger partial charge in [-0.3, -0.25) is 9.79 Å². The predicted octanol–water partition coefficient (Wildman–Crippen LogP) is 2.94. The maximum Gasteiger partial charge on any atom is 0.338 e. The van der Waals surface area contributed by atoms with Crippen LogP contribution in [0.2, 0.25) is 0 Å². The van der Waals surface area contributed by atoms with Crippen molar-refractivity contribution in [1.82, 2.24) is 4.72 Å². The lowest BCUT2D eigenvalue weighted by Crippen LogP contribution is -2.45. The standard InChI is InChI=1S/C32H51N5O8S/c1-8-32(5,29(39)44-22-31(4,21-43-23(2)3)28(38)42-19-10-9-17-35-30(33)34)45-20-18-36-46(40,41)27-16-12-13-24-25(27)14-11-15-26(24)37(6)7/h11-16,23,36H,8-10,17-22H2,1-7H3,(H4,33,34,35). The third-order valence-electron chi connectivity index (χ3n) is 7.38. The molecule has 5 N–H and O–H groups in total. The van der Waals surface area contributed by atoms with E-state index >= 15 is 0 Å². The molecule has 0 aliphatic rings. The summed E-state index contributed by atoms with van der Waals surface area (Å²) >= 11 is 0. The molecule has 0 bridgehead atoms. The van der Waals surface area contributed by atoms with Crippen molar-refractivity contribution < 1.29 is 37.0 Å². The molecule has 0 aliphatic heterocycles. The summed E-state index contributed by atoms with van der Waals surface area (Å²) in [6.45, 7) is 8.65. The van der Waals surface area contributed by atoms with Crippen molar-refractivity contribution in [3.63, 3.8) is 0 Å². The smallest absolute Gasteiger partial charge is 0.338 e. The number of fused-ring (bicyclic) bond motifs is 1. The molecule has 0 radical (unpaired) electrons. The first-order valence-electron chi connectivity index (χ1n) is 15.4. The Bertz CT molecular complexity index is 1450. The number of unbranched alkanes of at least 4 members (excludes halogenated alkanes) is 1. The fraction of sp³-hybridized carbons (Fsp3) is 0.594. The summed E-state index contributed by atoms with van der Waals surface area (Å²) < 4.78 is 51.7. The minimum Gasteiger partial charge on any atom is -0.465 e. The molecule has 46 heavy (non-hydrogen) atoms. The molecule has 14 heteroatoms. The number of esters is 2. The number of nitrogens with zero attached hydrogens (tertiary/aromatic N) is 2. The van der Waals surface area contributed by atoms with Crippen molar-refractivity contribution in [1.29, 1.82) is 0 Å². The lowest BCUT2D eigenvalue weighted by Gasteiger charge is -2.31. The monoisotopic (exact) mass is 665 g/mol. The molecule has 2 aromatic rings. The van der Waals surface area contributed by atoms with Gasteiger partial charge in [-0.25, -0.2) is 17.9 Å². The quantitative estimate of drug-likeness (QED) is 0.0818. The fourth-order valence-electron chi connectivity index (χ4n) is 4.37. The van der Waals surface area contributed by atoms with Gasteiger partial charge < -0.3 is 35.3 Å². The molecule has 2 atom stereocenters. The van der Waals surface area contributed by atoms with Crippen LogP contribution in [-0.2, 0) is 38.6 Å². The second-order valence-electron chi connectivity index (χ2n) is 12.0. The molecule has 0 amide bonds. The molecular formula is C32H51N5O8S. The Labute approximate surface area is 273 Å². The van der Waals surface area contributed by atoms with E-state index in [1.165, 1.54) is 0 Å². The molecule has 0 aliphatic carbocycles. The van der Waals surface area contributed by atoms with E-state index in [-0.39, 0.29) is 56.4 Å². The van der Waals surface area contributed by atoms with E-state index in [1.54, 1.807) is 39.0 Å². The summed E-state index contributed by atoms with van der Waals surface area (Å²) in [7, 11) is -0.0979. The zero-order valence-electron chi connectivity index (χ0n) is 28.1. The van der Waals surface area contributed by atoms with Gasteiger partial charge in [0.05, 0.1) is 30.8 Å². The molecule has 258 valence electrons. The van der Waals surface area contributed by atoms with E-state index < -0.39 is 33.0 Å². The van der Waals surface area contributed by atoms with Crippen LogP contribution in [0.1, 0.15) is 53.9 Å². The van der Waals surface area contributed by atoms with E-state index in [4.69, 9.17) is 30.4 Å². The van der Waals surface area contributed by atoms with Crippen molar-refractivity contribution in [2.75, 3.05) is 58.5 Å². The van der Waals surface area contributed by atoms with E-state index in [1.807, 2.05) is 51.0 Å². The van der Waals surface area contributed by atoms with Gasteiger partial charge in [0, 0.05) is 43.6 Å². The van der Waals surface area contributed by atoms with Crippen LogP contribution in [0.25, 0.3) is 10.8 Å². The third-order valence-corrected chi connectivity index (χ3v) is 8.90. The van der Waals surface area contributed by atoms with Crippen LogP contribution in [0.4, 0.5) is 5.69 Å². The molecule has 0 fully saturated rings. The van der Waals surface area contributed by atoms with Crippen LogP contribution >= 0.6 is 0 Å². The summed E-state index contributed by atoms with van der Waals surface area (Å²) in [6.07, 6.45) is 1.25. The highest BCUT2D eigenvalue weighted by atomic mass is 32.2. The Kier molecular flexibility index (Phi) is 14.7. The first-order valence-corrected chi connectivity index (χ1v) is 16.9. The summed E-state index contributed by atoms with van der Waals surface area (Å²) in [4.78, 5) is 32.2. The molecule has 2 rings (SSSR count). The van der Waals surface area contributed by atoms with Gasteiger partial charge in [-0.15, -0.1) is 0 Å². The van der Waals surface area contributed by atoms with Gasteiger partial charge in [-0.1, -0.05) is 31.2 Å². The number of carbonyl (C=O) groups is 2. The Morgan fingerprint density at radius 1 is 0.957 bits per heavy atom. The largest absolute Gasteiger partial charge is 0.465 e. The minimum atomic E-state index is -3.89. The highest BCUT2D eigenvalue weighted by Crippen LogP contribution is 2.30. The number of benzene rings is 2. The maximum atomic E-state index is 13.3. The molecule has 2 aromatic carbocycles. The highest BCUT2D eigenvalue weighted by molar-refractivity contribution is 7.89. The van der Waals surface area contributed by atoms with Crippen molar-refractivity contribution >= 4 is 44.4 Å². The third kappa shape index (κ3) is 11.1. The molecule has 13 nitrogen and oxygen atoms in total. The Morgan fingerprint density at radius 3 is 2.26 bits per heavy atom. The van der Waals surface area contributed by atoms with Gasteiger partial charge in [0.25, 0.3) is 0 Å². The summed E-state index contributed by atoms with van der Waals surface area (Å²) in [5.41, 5.74) is 8.88. The second kappa shape index (κ2) is 17.5. The molecular weight excluding hydrogens is 614 g/mol. The number of nitrogens with one attached hydrogen (secondary N) is 1. The average molecular weight is 666 g/mol. The van der Waals surface area contributed by atoms with Crippen molar-refractivity contribution in [3.05, 3.63) is 36.4 Å². The number of carbonyl (C=O) groups excluding carboxylic acids is 2. The first-order chi connectivity index (χ1) is 21.6. The average Bonchev–Trinajstić information content (AvgIpc) is 3.01. The summed E-state index contributed by atoms with van der Waals surface area (Å²) in [6, 6.07) is 10.6. The summed E-state index contributed by atoms with van der Waals surface area (Å²) in [5.74, 6) is -1.26. The van der Waals surface area contributed by atoms with Gasteiger partial charge in [0.2, 0.25) is 10.0 Å². The maximum absolute atomic E-state index is 13.3. The van der Waals surface area contributed by atoms with Crippen LogP contribution in [0.5, 0.6) is 0 Å².